The van der Waals surface area contributed by atoms with Gasteiger partial charge in [0, 0.05) is 30.7 Å². The predicted molar refractivity (Wildman–Crippen MR) is 86.4 cm³/mol. The van der Waals surface area contributed by atoms with E-state index in [2.05, 4.69) is 58.4 Å². The molecule has 0 unspecified atom stereocenters. The molecule has 3 rings (SSSR count). The molecule has 0 aliphatic heterocycles. The highest BCUT2D eigenvalue weighted by Crippen LogP contribution is 2.21. The van der Waals surface area contributed by atoms with Crippen molar-refractivity contribution in [3.8, 4) is 0 Å². The molecular weight excluding hydrogens is 260 g/mol. The van der Waals surface area contributed by atoms with E-state index in [-0.39, 0.29) is 0 Å². The zero-order valence-corrected chi connectivity index (χ0v) is 12.9. The average molecular weight is 282 g/mol. The fraction of sp³-hybridized carbons (Fsp3) is 0.353. The summed E-state index contributed by atoms with van der Waals surface area (Å²) in [5.74, 6) is 0. The maximum atomic E-state index is 4.53. The first-order valence-corrected chi connectivity index (χ1v) is 7.46. The minimum absolute atomic E-state index is 0.857. The molecule has 0 saturated carbocycles. The lowest BCUT2D eigenvalue weighted by Crippen LogP contribution is -2.06. The van der Waals surface area contributed by atoms with Crippen LogP contribution in [0.3, 0.4) is 0 Å². The molecule has 2 heterocycles. The number of hydrogen-bond acceptors (Lipinski definition) is 2. The molecule has 0 amide bonds. The first kappa shape index (κ1) is 13.9. The Morgan fingerprint density at radius 3 is 2.81 bits per heavy atom. The van der Waals surface area contributed by atoms with Crippen molar-refractivity contribution in [1.29, 1.82) is 0 Å². The van der Waals surface area contributed by atoms with Gasteiger partial charge in [0.2, 0.25) is 0 Å². The molecule has 2 aromatic heterocycles. The number of hydrogen-bond donors (Lipinski definition) is 1. The van der Waals surface area contributed by atoms with E-state index in [1.165, 1.54) is 22.2 Å². The zero-order valence-electron chi connectivity index (χ0n) is 12.9. The molecule has 0 spiro atoms. The number of nitrogens with one attached hydrogen (secondary N) is 1. The van der Waals surface area contributed by atoms with Crippen molar-refractivity contribution >= 4 is 10.9 Å². The molecule has 0 fully saturated rings. The van der Waals surface area contributed by atoms with Gasteiger partial charge in [-0.1, -0.05) is 19.1 Å². The van der Waals surface area contributed by atoms with E-state index < -0.39 is 0 Å². The van der Waals surface area contributed by atoms with Gasteiger partial charge in [0.1, 0.15) is 0 Å². The van der Waals surface area contributed by atoms with Crippen molar-refractivity contribution in [3.05, 3.63) is 53.5 Å². The summed E-state index contributed by atoms with van der Waals surface area (Å²) >= 11 is 0. The number of rotatable bonds is 5. The molecule has 110 valence electrons. The first-order valence-electron chi connectivity index (χ1n) is 7.46. The van der Waals surface area contributed by atoms with Gasteiger partial charge >= 0.3 is 0 Å². The topological polar surface area (TPSA) is 34.8 Å². The number of benzene rings is 1. The fourth-order valence-electron chi connectivity index (χ4n) is 2.84. The quantitative estimate of drug-likeness (QED) is 0.781. The minimum atomic E-state index is 0.857. The maximum absolute atomic E-state index is 4.53. The summed E-state index contributed by atoms with van der Waals surface area (Å²) in [6.07, 6.45) is 3.15. The predicted octanol–water partition coefficient (Wildman–Crippen LogP) is 2.70. The smallest absolute Gasteiger partial charge is 0.0645 e. The molecule has 0 aliphatic rings. The minimum Gasteiger partial charge on any atom is -0.341 e. The van der Waals surface area contributed by atoms with Crippen LogP contribution >= 0.6 is 0 Å². The lowest BCUT2D eigenvalue weighted by atomic mass is 10.1. The van der Waals surface area contributed by atoms with Gasteiger partial charge in [0.15, 0.2) is 0 Å². The molecule has 0 bridgehead atoms. The van der Waals surface area contributed by atoms with Crippen LogP contribution in [-0.2, 0) is 26.6 Å². The van der Waals surface area contributed by atoms with Gasteiger partial charge in [0.05, 0.1) is 17.9 Å². The third-order valence-corrected chi connectivity index (χ3v) is 3.99. The monoisotopic (exact) mass is 282 g/mol. The van der Waals surface area contributed by atoms with Crippen molar-refractivity contribution in [1.82, 2.24) is 19.7 Å². The van der Waals surface area contributed by atoms with Crippen LogP contribution in [0.1, 0.15) is 23.9 Å². The summed E-state index contributed by atoms with van der Waals surface area (Å²) in [4.78, 5) is 0. The number of aromatic nitrogens is 3. The van der Waals surface area contributed by atoms with Crippen LogP contribution in [0.5, 0.6) is 0 Å². The summed E-state index contributed by atoms with van der Waals surface area (Å²) in [6, 6.07) is 10.9. The second-order valence-electron chi connectivity index (χ2n) is 5.43. The summed E-state index contributed by atoms with van der Waals surface area (Å²) in [5.41, 5.74) is 5.01. The normalized spacial score (nSPS) is 11.4. The molecule has 1 aromatic carbocycles. The molecule has 21 heavy (non-hydrogen) atoms. The van der Waals surface area contributed by atoms with Crippen molar-refractivity contribution in [2.45, 2.75) is 26.4 Å². The number of nitrogens with zero attached hydrogens (tertiary/aromatic N) is 3. The van der Waals surface area contributed by atoms with E-state index in [9.17, 15) is 0 Å². The van der Waals surface area contributed by atoms with Gasteiger partial charge in [-0.05, 0) is 37.2 Å². The Bertz CT molecular complexity index is 751. The standard InChI is InChI=1S/C17H22N4/c1-4-14-10-15(20(3)19-14)12-21-9-8-16-13(11-18-2)6-5-7-17(16)21/h5-10,18H,4,11-12H2,1-3H3. The van der Waals surface area contributed by atoms with Crippen LogP contribution in [0.4, 0.5) is 0 Å². The average Bonchev–Trinajstić information content (AvgIpc) is 3.05. The Balaban J connectivity index is 1.97. The van der Waals surface area contributed by atoms with E-state index in [1.54, 1.807) is 0 Å². The largest absolute Gasteiger partial charge is 0.341 e. The third-order valence-electron chi connectivity index (χ3n) is 3.99. The SMILES string of the molecule is CCc1cc(Cn2ccc3c(CNC)cccc32)n(C)n1. The second-order valence-corrected chi connectivity index (χ2v) is 5.43. The second kappa shape index (κ2) is 5.74. The van der Waals surface area contributed by atoms with E-state index in [0.717, 1.165) is 25.2 Å². The lowest BCUT2D eigenvalue weighted by Gasteiger charge is -2.07. The van der Waals surface area contributed by atoms with Crippen LogP contribution in [0.2, 0.25) is 0 Å². The number of fused-ring (bicyclic) bond motifs is 1. The zero-order chi connectivity index (χ0) is 14.8. The van der Waals surface area contributed by atoms with Gasteiger partial charge in [-0.2, -0.15) is 5.10 Å². The van der Waals surface area contributed by atoms with Crippen LogP contribution in [0.25, 0.3) is 10.9 Å². The van der Waals surface area contributed by atoms with E-state index in [4.69, 9.17) is 0 Å². The highest BCUT2D eigenvalue weighted by Gasteiger charge is 2.08. The van der Waals surface area contributed by atoms with Crippen molar-refractivity contribution in [2.75, 3.05) is 7.05 Å². The van der Waals surface area contributed by atoms with Crippen LogP contribution in [0, 0.1) is 0 Å². The number of aryl methyl sites for hydroxylation is 2. The fourth-order valence-corrected chi connectivity index (χ4v) is 2.84. The van der Waals surface area contributed by atoms with Gasteiger partial charge in [0.25, 0.3) is 0 Å². The first-order chi connectivity index (χ1) is 10.2. The summed E-state index contributed by atoms with van der Waals surface area (Å²) in [5, 5.41) is 9.09. The molecule has 4 nitrogen and oxygen atoms in total. The highest BCUT2D eigenvalue weighted by atomic mass is 15.3. The van der Waals surface area contributed by atoms with Crippen molar-refractivity contribution < 1.29 is 0 Å². The van der Waals surface area contributed by atoms with Gasteiger partial charge < -0.3 is 9.88 Å². The Labute approximate surface area is 125 Å². The summed E-state index contributed by atoms with van der Waals surface area (Å²) in [7, 11) is 4.00. The van der Waals surface area contributed by atoms with E-state index >= 15 is 0 Å². The van der Waals surface area contributed by atoms with Gasteiger partial charge in [-0.15, -0.1) is 0 Å². The Hall–Kier alpha value is -2.07. The molecule has 0 aliphatic carbocycles. The van der Waals surface area contributed by atoms with Crippen LogP contribution in [-0.4, -0.2) is 21.4 Å². The van der Waals surface area contributed by atoms with Crippen LogP contribution in [0.15, 0.2) is 36.5 Å². The molecule has 0 saturated heterocycles. The molecule has 1 N–H and O–H groups in total. The van der Waals surface area contributed by atoms with Crippen LogP contribution < -0.4 is 5.32 Å². The van der Waals surface area contributed by atoms with Crippen molar-refractivity contribution in [3.63, 3.8) is 0 Å². The third kappa shape index (κ3) is 2.59. The summed E-state index contributed by atoms with van der Waals surface area (Å²) in [6.45, 7) is 3.89. The molecular formula is C17H22N4. The Kier molecular flexibility index (Phi) is 3.80. The summed E-state index contributed by atoms with van der Waals surface area (Å²) < 4.78 is 4.28. The Morgan fingerprint density at radius 1 is 1.24 bits per heavy atom. The molecule has 0 atom stereocenters. The molecule has 3 aromatic rings. The van der Waals surface area contributed by atoms with Crippen molar-refractivity contribution in [2.24, 2.45) is 7.05 Å². The van der Waals surface area contributed by atoms with Gasteiger partial charge in [-0.3, -0.25) is 4.68 Å². The van der Waals surface area contributed by atoms with E-state index in [1.807, 2.05) is 18.8 Å². The Morgan fingerprint density at radius 2 is 2.10 bits per heavy atom. The van der Waals surface area contributed by atoms with Gasteiger partial charge in [-0.25, -0.2) is 0 Å². The lowest BCUT2D eigenvalue weighted by molar-refractivity contribution is 0.669. The molecule has 4 heteroatoms. The van der Waals surface area contributed by atoms with E-state index in [0.29, 0.717) is 0 Å². The highest BCUT2D eigenvalue weighted by molar-refractivity contribution is 5.83. The maximum Gasteiger partial charge on any atom is 0.0645 e. The molecule has 0 radical (unpaired) electrons.